The van der Waals surface area contributed by atoms with Crippen LogP contribution in [0, 0.1) is 18.6 Å². The van der Waals surface area contributed by atoms with E-state index in [2.05, 4.69) is 15.2 Å². The molecular weight excluding hydrogens is 386 g/mol. The highest BCUT2D eigenvalue weighted by molar-refractivity contribution is 7.91. The van der Waals surface area contributed by atoms with Gasteiger partial charge in [-0.3, -0.25) is 10.1 Å². The van der Waals surface area contributed by atoms with E-state index < -0.39 is 21.5 Å². The van der Waals surface area contributed by atoms with E-state index in [-0.39, 0.29) is 30.3 Å². The zero-order valence-corrected chi connectivity index (χ0v) is 15.9. The number of rotatable bonds is 3. The number of aryl methyl sites for hydroxylation is 1. The minimum atomic E-state index is -3.14. The fourth-order valence-corrected chi connectivity index (χ4v) is 4.65. The Labute approximate surface area is 161 Å². The second-order valence-corrected chi connectivity index (χ2v) is 9.04. The van der Waals surface area contributed by atoms with Crippen LogP contribution in [0.1, 0.15) is 5.69 Å². The lowest BCUT2D eigenvalue weighted by molar-refractivity contribution is 0.562. The number of hydrogen-bond acceptors (Lipinski definition) is 5. The zero-order chi connectivity index (χ0) is 19.9. The summed E-state index contributed by atoms with van der Waals surface area (Å²) in [4.78, 5) is 5.42. The van der Waals surface area contributed by atoms with E-state index in [4.69, 9.17) is 0 Å². The summed E-state index contributed by atoms with van der Waals surface area (Å²) in [7, 11) is -3.14. The van der Waals surface area contributed by atoms with Crippen molar-refractivity contribution >= 4 is 15.5 Å². The highest BCUT2D eigenvalue weighted by Gasteiger charge is 2.27. The molecule has 28 heavy (non-hydrogen) atoms. The Bertz CT molecular complexity index is 1090. The predicted molar refractivity (Wildman–Crippen MR) is 103 cm³/mol. The Kier molecular flexibility index (Phi) is 4.62. The fraction of sp³-hybridized carbons (Fsp3) is 0.263. The number of H-pyrrole nitrogens is 1. The lowest BCUT2D eigenvalue weighted by Crippen LogP contribution is -2.41. The van der Waals surface area contributed by atoms with Crippen LogP contribution >= 0.6 is 0 Å². The Hall–Kier alpha value is -2.81. The lowest BCUT2D eigenvalue weighted by Gasteiger charge is -2.29. The molecule has 1 aromatic carbocycles. The van der Waals surface area contributed by atoms with E-state index >= 15 is 0 Å². The Morgan fingerprint density at radius 3 is 2.25 bits per heavy atom. The van der Waals surface area contributed by atoms with Crippen molar-refractivity contribution in [3.63, 3.8) is 0 Å². The molecule has 0 amide bonds. The van der Waals surface area contributed by atoms with Crippen LogP contribution < -0.4 is 4.90 Å². The molecule has 1 saturated heterocycles. The van der Waals surface area contributed by atoms with Gasteiger partial charge in [0.1, 0.15) is 23.0 Å². The number of aromatic nitrogens is 3. The van der Waals surface area contributed by atoms with Gasteiger partial charge in [-0.2, -0.15) is 5.10 Å². The molecule has 1 N–H and O–H groups in total. The molecule has 0 spiro atoms. The molecule has 0 unspecified atom stereocenters. The number of hydrogen-bond donors (Lipinski definition) is 1. The van der Waals surface area contributed by atoms with Crippen molar-refractivity contribution in [2.45, 2.75) is 6.92 Å². The number of sulfone groups is 1. The van der Waals surface area contributed by atoms with E-state index in [0.29, 0.717) is 22.5 Å². The topological polar surface area (TPSA) is 79.0 Å². The van der Waals surface area contributed by atoms with E-state index in [0.717, 1.165) is 5.56 Å². The number of pyridine rings is 1. The van der Waals surface area contributed by atoms with Gasteiger partial charge in [0.05, 0.1) is 11.5 Å². The Morgan fingerprint density at radius 2 is 1.64 bits per heavy atom. The van der Waals surface area contributed by atoms with E-state index in [1.807, 2.05) is 0 Å². The van der Waals surface area contributed by atoms with E-state index in [1.165, 1.54) is 17.0 Å². The summed E-state index contributed by atoms with van der Waals surface area (Å²) in [5.74, 6) is -1.67. The Morgan fingerprint density at radius 1 is 1.04 bits per heavy atom. The average molecular weight is 404 g/mol. The predicted octanol–water partition coefficient (Wildman–Crippen LogP) is 2.96. The average Bonchev–Trinajstić information content (AvgIpc) is 3.04. The van der Waals surface area contributed by atoms with E-state index in [1.54, 1.807) is 31.5 Å². The fourth-order valence-electron chi connectivity index (χ4n) is 3.45. The van der Waals surface area contributed by atoms with Crippen LogP contribution in [0.3, 0.4) is 0 Å². The first-order valence-corrected chi connectivity index (χ1v) is 10.6. The van der Waals surface area contributed by atoms with Crippen LogP contribution in [0.4, 0.5) is 14.5 Å². The maximum absolute atomic E-state index is 14.9. The van der Waals surface area contributed by atoms with Crippen molar-refractivity contribution < 1.29 is 17.2 Å². The SMILES string of the molecule is Cc1[nH]nc(-c2ccncc2)c1-c1cc(F)c(N2CCS(=O)(=O)CC2)c(F)c1. The number of nitrogens with one attached hydrogen (secondary N) is 1. The van der Waals surface area contributed by atoms with Gasteiger partial charge < -0.3 is 4.90 Å². The van der Waals surface area contributed by atoms with Crippen molar-refractivity contribution in [2.75, 3.05) is 29.5 Å². The number of nitrogens with zero attached hydrogens (tertiary/aromatic N) is 3. The van der Waals surface area contributed by atoms with Crippen LogP contribution in [0.25, 0.3) is 22.4 Å². The minimum Gasteiger partial charge on any atom is -0.365 e. The zero-order valence-electron chi connectivity index (χ0n) is 15.1. The summed E-state index contributed by atoms with van der Waals surface area (Å²) >= 11 is 0. The highest BCUT2D eigenvalue weighted by Crippen LogP contribution is 2.36. The van der Waals surface area contributed by atoms with Gasteiger partial charge in [0.25, 0.3) is 0 Å². The molecule has 0 atom stereocenters. The van der Waals surface area contributed by atoms with Gasteiger partial charge in [-0.05, 0) is 36.8 Å². The normalized spacial score (nSPS) is 16.3. The molecule has 0 radical (unpaired) electrons. The molecule has 146 valence electrons. The first kappa shape index (κ1) is 18.5. The molecule has 1 fully saturated rings. The molecule has 0 bridgehead atoms. The molecule has 0 aliphatic carbocycles. The van der Waals surface area contributed by atoms with Gasteiger partial charge in [-0.15, -0.1) is 0 Å². The number of benzene rings is 1. The van der Waals surface area contributed by atoms with Gasteiger partial charge in [0, 0.05) is 42.3 Å². The molecule has 9 heteroatoms. The van der Waals surface area contributed by atoms with Crippen LogP contribution in [0.15, 0.2) is 36.7 Å². The lowest BCUT2D eigenvalue weighted by atomic mass is 9.99. The molecule has 2 aromatic heterocycles. The van der Waals surface area contributed by atoms with Crippen molar-refractivity contribution in [3.05, 3.63) is 54.0 Å². The third-order valence-corrected chi connectivity index (χ3v) is 6.48. The van der Waals surface area contributed by atoms with Crippen molar-refractivity contribution in [1.82, 2.24) is 15.2 Å². The quantitative estimate of drug-likeness (QED) is 0.726. The van der Waals surface area contributed by atoms with Crippen LogP contribution in [0.5, 0.6) is 0 Å². The summed E-state index contributed by atoms with van der Waals surface area (Å²) in [6, 6.07) is 6.08. The first-order chi connectivity index (χ1) is 13.4. The van der Waals surface area contributed by atoms with Crippen molar-refractivity contribution in [2.24, 2.45) is 0 Å². The van der Waals surface area contributed by atoms with Crippen LogP contribution in [0.2, 0.25) is 0 Å². The second-order valence-electron chi connectivity index (χ2n) is 6.74. The molecule has 6 nitrogen and oxygen atoms in total. The summed E-state index contributed by atoms with van der Waals surface area (Å²) in [6.07, 6.45) is 3.25. The molecular formula is C19H18F2N4O2S. The smallest absolute Gasteiger partial charge is 0.153 e. The molecule has 1 aliphatic heterocycles. The molecule has 4 rings (SSSR count). The summed E-state index contributed by atoms with van der Waals surface area (Å²) in [5, 5.41) is 7.14. The largest absolute Gasteiger partial charge is 0.365 e. The maximum Gasteiger partial charge on any atom is 0.153 e. The number of anilines is 1. The minimum absolute atomic E-state index is 0.0719. The molecule has 3 heterocycles. The molecule has 0 saturated carbocycles. The summed E-state index contributed by atoms with van der Waals surface area (Å²) in [6.45, 7) is 1.93. The van der Waals surface area contributed by atoms with Gasteiger partial charge in [0.15, 0.2) is 9.84 Å². The first-order valence-electron chi connectivity index (χ1n) is 8.76. The van der Waals surface area contributed by atoms with E-state index in [9.17, 15) is 17.2 Å². The van der Waals surface area contributed by atoms with Crippen molar-refractivity contribution in [3.8, 4) is 22.4 Å². The monoisotopic (exact) mass is 404 g/mol. The van der Waals surface area contributed by atoms with Gasteiger partial charge >= 0.3 is 0 Å². The van der Waals surface area contributed by atoms with Crippen molar-refractivity contribution in [1.29, 1.82) is 0 Å². The highest BCUT2D eigenvalue weighted by atomic mass is 32.2. The second kappa shape index (κ2) is 6.97. The number of halogens is 2. The number of aromatic amines is 1. The van der Waals surface area contributed by atoms with Crippen LogP contribution in [-0.2, 0) is 9.84 Å². The third kappa shape index (κ3) is 3.37. The third-order valence-electron chi connectivity index (χ3n) is 4.87. The van der Waals surface area contributed by atoms with Gasteiger partial charge in [0.2, 0.25) is 0 Å². The van der Waals surface area contributed by atoms with Gasteiger partial charge in [-0.1, -0.05) is 0 Å². The van der Waals surface area contributed by atoms with Gasteiger partial charge in [-0.25, -0.2) is 17.2 Å². The molecule has 1 aliphatic rings. The Balaban J connectivity index is 1.75. The summed E-state index contributed by atoms with van der Waals surface area (Å²) < 4.78 is 52.9. The standard InChI is InChI=1S/C19H18F2N4O2S/c1-12-17(18(24-23-12)13-2-4-22-5-3-13)14-10-15(20)19(16(21)11-14)25-6-8-28(26,27)9-7-25/h2-5,10-11H,6-9H2,1H3,(H,23,24). The van der Waals surface area contributed by atoms with Crippen LogP contribution in [-0.4, -0.2) is 48.2 Å². The maximum atomic E-state index is 14.9. The summed E-state index contributed by atoms with van der Waals surface area (Å²) in [5.41, 5.74) is 2.82. The molecule has 3 aromatic rings.